The highest BCUT2D eigenvalue weighted by Crippen LogP contribution is 2.69. The number of carbonyl (C=O) groups excluding carboxylic acids is 1. The molecule has 0 radical (unpaired) electrons. The maximum Gasteiger partial charge on any atom is 0.373 e. The van der Waals surface area contributed by atoms with Gasteiger partial charge in [0.2, 0.25) is 5.78 Å². The van der Waals surface area contributed by atoms with Crippen molar-refractivity contribution in [2.45, 2.75) is 31.1 Å². The Morgan fingerprint density at radius 1 is 1.06 bits per heavy atom. The van der Waals surface area contributed by atoms with Crippen LogP contribution in [0.15, 0.2) is 30.3 Å². The first kappa shape index (κ1) is 10.5. The van der Waals surface area contributed by atoms with Crippen LogP contribution in [0.25, 0.3) is 0 Å². The van der Waals surface area contributed by atoms with Gasteiger partial charge in [-0.15, -0.1) is 0 Å². The molecule has 0 aliphatic heterocycles. The van der Waals surface area contributed by atoms with Gasteiger partial charge in [-0.05, 0) is 36.7 Å². The number of ketones is 1. The van der Waals surface area contributed by atoms with E-state index >= 15 is 0 Å². The van der Waals surface area contributed by atoms with Gasteiger partial charge in [-0.3, -0.25) is 4.79 Å². The number of Topliss-reactive ketones (excluding diaryl/α,β-unsaturated/α-hetero) is 1. The molecule has 2 aliphatic rings. The van der Waals surface area contributed by atoms with Crippen LogP contribution in [0.1, 0.15) is 31.2 Å². The van der Waals surface area contributed by atoms with Gasteiger partial charge < -0.3 is 5.11 Å². The molecule has 3 rings (SSSR count). The maximum atomic E-state index is 12.0. The van der Waals surface area contributed by atoms with E-state index in [1.54, 1.807) is 0 Å². The molecule has 1 N–H and O–H groups in total. The van der Waals surface area contributed by atoms with Gasteiger partial charge in [0.1, 0.15) is 0 Å². The lowest BCUT2D eigenvalue weighted by Crippen LogP contribution is -2.51. The predicted octanol–water partition coefficient (Wildman–Crippen LogP) is 2.15. The lowest BCUT2D eigenvalue weighted by molar-refractivity contribution is -0.155. The summed E-state index contributed by atoms with van der Waals surface area (Å²) in [5.74, 6) is -1.94. The number of carboxylic acid groups (broad SMARTS) is 1. The highest BCUT2D eigenvalue weighted by atomic mass is 16.4. The zero-order valence-electron chi connectivity index (χ0n) is 9.48. The Morgan fingerprint density at radius 3 is 2.12 bits per heavy atom. The average molecular weight is 230 g/mol. The Morgan fingerprint density at radius 2 is 1.65 bits per heavy atom. The second kappa shape index (κ2) is 3.19. The van der Waals surface area contributed by atoms with Crippen molar-refractivity contribution < 1.29 is 14.7 Å². The zero-order valence-corrected chi connectivity index (χ0v) is 9.48. The van der Waals surface area contributed by atoms with Crippen molar-refractivity contribution in [3.05, 3.63) is 35.9 Å². The molecule has 2 saturated carbocycles. The molecule has 3 heteroatoms. The van der Waals surface area contributed by atoms with Gasteiger partial charge in [0.25, 0.3) is 0 Å². The summed E-state index contributed by atoms with van der Waals surface area (Å²) in [6, 6.07) is 9.36. The van der Waals surface area contributed by atoms with E-state index in [1.807, 2.05) is 30.3 Å². The SMILES string of the molecule is O=C(O)C(=O)C1(c2ccccc2)CC2(CC2)C1. The summed E-state index contributed by atoms with van der Waals surface area (Å²) in [5, 5.41) is 8.99. The van der Waals surface area contributed by atoms with E-state index in [-0.39, 0.29) is 0 Å². The Hall–Kier alpha value is -1.64. The molecule has 88 valence electrons. The molecule has 0 saturated heterocycles. The van der Waals surface area contributed by atoms with Gasteiger partial charge in [0, 0.05) is 0 Å². The molecule has 0 heterocycles. The lowest BCUT2D eigenvalue weighted by atomic mass is 9.54. The second-order valence-corrected chi connectivity index (χ2v) is 5.44. The van der Waals surface area contributed by atoms with Crippen molar-refractivity contribution in [3.8, 4) is 0 Å². The monoisotopic (exact) mass is 230 g/mol. The van der Waals surface area contributed by atoms with Gasteiger partial charge in [0.15, 0.2) is 0 Å². The summed E-state index contributed by atoms with van der Waals surface area (Å²) < 4.78 is 0. The predicted molar refractivity (Wildman–Crippen MR) is 61.7 cm³/mol. The van der Waals surface area contributed by atoms with E-state index in [4.69, 9.17) is 5.11 Å². The minimum absolute atomic E-state index is 0.293. The quantitative estimate of drug-likeness (QED) is 0.809. The topological polar surface area (TPSA) is 54.4 Å². The van der Waals surface area contributed by atoms with E-state index in [1.165, 1.54) is 0 Å². The second-order valence-electron chi connectivity index (χ2n) is 5.44. The highest BCUT2D eigenvalue weighted by Gasteiger charge is 2.65. The van der Waals surface area contributed by atoms with Gasteiger partial charge in [-0.2, -0.15) is 0 Å². The van der Waals surface area contributed by atoms with Crippen LogP contribution < -0.4 is 0 Å². The van der Waals surface area contributed by atoms with E-state index in [0.29, 0.717) is 5.41 Å². The van der Waals surface area contributed by atoms with Crippen LogP contribution in [0, 0.1) is 5.41 Å². The molecule has 3 nitrogen and oxygen atoms in total. The third-order valence-corrected chi connectivity index (χ3v) is 4.27. The Balaban J connectivity index is 1.98. The van der Waals surface area contributed by atoms with Gasteiger partial charge in [-0.25, -0.2) is 4.79 Å². The molecule has 2 aliphatic carbocycles. The summed E-state index contributed by atoms with van der Waals surface area (Å²) in [4.78, 5) is 23.0. The van der Waals surface area contributed by atoms with Crippen molar-refractivity contribution in [1.29, 1.82) is 0 Å². The first-order chi connectivity index (χ1) is 8.08. The van der Waals surface area contributed by atoms with Gasteiger partial charge in [-0.1, -0.05) is 30.3 Å². The fourth-order valence-corrected chi connectivity index (χ4v) is 3.22. The van der Waals surface area contributed by atoms with Gasteiger partial charge in [0.05, 0.1) is 5.41 Å². The number of hydrogen-bond donors (Lipinski definition) is 1. The summed E-state index contributed by atoms with van der Waals surface area (Å²) >= 11 is 0. The normalized spacial score (nSPS) is 22.8. The first-order valence-electron chi connectivity index (χ1n) is 5.91. The molecule has 17 heavy (non-hydrogen) atoms. The van der Waals surface area contributed by atoms with Crippen LogP contribution >= 0.6 is 0 Å². The maximum absolute atomic E-state index is 12.0. The average Bonchev–Trinajstić information content (AvgIpc) is 3.06. The summed E-state index contributed by atoms with van der Waals surface area (Å²) in [5.41, 5.74) is 0.412. The van der Waals surface area contributed by atoms with Crippen LogP contribution in [0.4, 0.5) is 0 Å². The number of carbonyl (C=O) groups is 2. The van der Waals surface area contributed by atoms with Crippen LogP contribution in [0.3, 0.4) is 0 Å². The van der Waals surface area contributed by atoms with Crippen molar-refractivity contribution in [3.63, 3.8) is 0 Å². The minimum atomic E-state index is -1.30. The number of benzene rings is 1. The van der Waals surface area contributed by atoms with E-state index in [2.05, 4.69) is 0 Å². The van der Waals surface area contributed by atoms with E-state index in [0.717, 1.165) is 31.2 Å². The number of rotatable bonds is 3. The highest BCUT2D eigenvalue weighted by molar-refractivity contribution is 6.36. The van der Waals surface area contributed by atoms with E-state index < -0.39 is 17.2 Å². The molecule has 1 aromatic rings. The zero-order chi connectivity index (χ0) is 12.1. The van der Waals surface area contributed by atoms with E-state index in [9.17, 15) is 9.59 Å². The molecule has 0 atom stereocenters. The smallest absolute Gasteiger partial charge is 0.373 e. The Labute approximate surface area is 99.5 Å². The molecule has 1 spiro atoms. The molecular weight excluding hydrogens is 216 g/mol. The van der Waals surface area contributed by atoms with Crippen molar-refractivity contribution in [2.24, 2.45) is 5.41 Å². The number of aliphatic carboxylic acids is 1. The van der Waals surface area contributed by atoms with Crippen LogP contribution in [0.2, 0.25) is 0 Å². The largest absolute Gasteiger partial charge is 0.475 e. The third kappa shape index (κ3) is 1.42. The van der Waals surface area contributed by atoms with Crippen LogP contribution in [0.5, 0.6) is 0 Å². The summed E-state index contributed by atoms with van der Waals surface area (Å²) in [6.07, 6.45) is 3.73. The minimum Gasteiger partial charge on any atom is -0.475 e. The molecule has 0 amide bonds. The lowest BCUT2D eigenvalue weighted by Gasteiger charge is -2.46. The Kier molecular flexibility index (Phi) is 1.97. The standard InChI is InChI=1S/C14H14O3/c15-11(12(16)17)14(8-13(9-14)6-7-13)10-4-2-1-3-5-10/h1-5H,6-9H2,(H,16,17). The summed E-state index contributed by atoms with van der Waals surface area (Å²) in [6.45, 7) is 0. The first-order valence-corrected chi connectivity index (χ1v) is 5.91. The molecular formula is C14H14O3. The van der Waals surface area contributed by atoms with Gasteiger partial charge >= 0.3 is 5.97 Å². The molecule has 2 fully saturated rings. The van der Waals surface area contributed by atoms with Crippen molar-refractivity contribution in [2.75, 3.05) is 0 Å². The fourth-order valence-electron chi connectivity index (χ4n) is 3.22. The summed E-state index contributed by atoms with van der Waals surface area (Å²) in [7, 11) is 0. The molecule has 0 bridgehead atoms. The molecule has 1 aromatic carbocycles. The van der Waals surface area contributed by atoms with Crippen LogP contribution in [-0.4, -0.2) is 16.9 Å². The number of carboxylic acids is 1. The van der Waals surface area contributed by atoms with Crippen LogP contribution in [-0.2, 0) is 15.0 Å². The Bertz CT molecular complexity index is 477. The van der Waals surface area contributed by atoms with Crippen molar-refractivity contribution in [1.82, 2.24) is 0 Å². The third-order valence-electron chi connectivity index (χ3n) is 4.27. The van der Waals surface area contributed by atoms with Crippen molar-refractivity contribution >= 4 is 11.8 Å². The number of hydrogen-bond acceptors (Lipinski definition) is 2. The molecule has 0 aromatic heterocycles. The fraction of sp³-hybridized carbons (Fsp3) is 0.429. The molecule has 0 unspecified atom stereocenters.